The first-order chi connectivity index (χ1) is 10.1. The van der Waals surface area contributed by atoms with E-state index in [-0.39, 0.29) is 5.28 Å². The van der Waals surface area contributed by atoms with Gasteiger partial charge < -0.3 is 10.2 Å². The fourth-order valence-electron chi connectivity index (χ4n) is 1.85. The molecule has 0 aromatic carbocycles. The largest absolute Gasteiger partial charge is 0.354 e. The average Bonchev–Trinajstić information content (AvgIpc) is 2.85. The minimum Gasteiger partial charge on any atom is -0.354 e. The van der Waals surface area contributed by atoms with Gasteiger partial charge in [-0.3, -0.25) is 0 Å². The first kappa shape index (κ1) is 16.3. The Morgan fingerprint density at radius 3 is 2.52 bits per heavy atom. The molecule has 1 N–H and O–H groups in total. The van der Waals surface area contributed by atoms with E-state index in [4.69, 9.17) is 23.2 Å². The highest BCUT2D eigenvalue weighted by atomic mass is 35.5. The van der Waals surface area contributed by atoms with E-state index in [1.165, 1.54) is 4.88 Å². The number of thiophene rings is 1. The van der Waals surface area contributed by atoms with E-state index in [0.717, 1.165) is 30.4 Å². The number of hydrogen-bond donors (Lipinski definition) is 1. The van der Waals surface area contributed by atoms with Crippen LogP contribution in [-0.4, -0.2) is 34.6 Å². The second kappa shape index (κ2) is 7.77. The molecule has 0 aliphatic rings. The van der Waals surface area contributed by atoms with E-state index in [1.54, 1.807) is 11.3 Å². The molecule has 0 atom stereocenters. The van der Waals surface area contributed by atoms with Crippen molar-refractivity contribution in [3.63, 3.8) is 0 Å². The Morgan fingerprint density at radius 2 is 1.90 bits per heavy atom. The van der Waals surface area contributed by atoms with Crippen molar-refractivity contribution in [1.82, 2.24) is 15.0 Å². The molecule has 0 saturated carbocycles. The van der Waals surface area contributed by atoms with Gasteiger partial charge in [-0.1, -0.05) is 11.6 Å². The van der Waals surface area contributed by atoms with E-state index >= 15 is 0 Å². The molecule has 0 bridgehead atoms. The fourth-order valence-corrected chi connectivity index (χ4v) is 3.09. The Bertz CT molecular complexity index is 586. The fraction of sp³-hybridized carbons (Fsp3) is 0.462. The van der Waals surface area contributed by atoms with Gasteiger partial charge in [0, 0.05) is 24.5 Å². The molecular formula is C13H17Cl2N5S. The van der Waals surface area contributed by atoms with E-state index in [0.29, 0.717) is 11.9 Å². The van der Waals surface area contributed by atoms with E-state index < -0.39 is 0 Å². The standard InChI is InChI=1S/C13H17Cl2N5S/c1-3-20(4-2)13-18-11(15)17-12(19-13)16-8-7-9-5-6-10(14)21-9/h5-6H,3-4,7-8H2,1-2H3,(H,16,17,18,19). The monoisotopic (exact) mass is 345 g/mol. The zero-order valence-corrected chi connectivity index (χ0v) is 14.3. The van der Waals surface area contributed by atoms with Crippen molar-refractivity contribution in [2.75, 3.05) is 29.9 Å². The van der Waals surface area contributed by atoms with Crippen molar-refractivity contribution in [1.29, 1.82) is 0 Å². The third-order valence-corrected chi connectivity index (χ3v) is 4.39. The lowest BCUT2D eigenvalue weighted by molar-refractivity contribution is 0.810. The Balaban J connectivity index is 1.99. The van der Waals surface area contributed by atoms with Gasteiger partial charge in [-0.25, -0.2) is 0 Å². The zero-order valence-electron chi connectivity index (χ0n) is 11.9. The molecular weight excluding hydrogens is 329 g/mol. The van der Waals surface area contributed by atoms with Crippen LogP contribution >= 0.6 is 34.5 Å². The Labute approximate surface area is 138 Å². The number of nitrogens with one attached hydrogen (secondary N) is 1. The van der Waals surface area contributed by atoms with Gasteiger partial charge in [0.2, 0.25) is 17.2 Å². The van der Waals surface area contributed by atoms with Crippen molar-refractivity contribution in [2.45, 2.75) is 20.3 Å². The highest BCUT2D eigenvalue weighted by Crippen LogP contribution is 2.21. The number of anilines is 2. The summed E-state index contributed by atoms with van der Waals surface area (Å²) in [6.07, 6.45) is 0.862. The predicted molar refractivity (Wildman–Crippen MR) is 89.9 cm³/mol. The van der Waals surface area contributed by atoms with Crippen LogP contribution in [0.2, 0.25) is 9.62 Å². The van der Waals surface area contributed by atoms with E-state index in [9.17, 15) is 0 Å². The molecule has 114 valence electrons. The van der Waals surface area contributed by atoms with Crippen LogP contribution in [0.3, 0.4) is 0 Å². The lowest BCUT2D eigenvalue weighted by atomic mass is 10.3. The number of aromatic nitrogens is 3. The van der Waals surface area contributed by atoms with Gasteiger partial charge in [-0.15, -0.1) is 11.3 Å². The average molecular weight is 346 g/mol. The molecule has 0 aliphatic carbocycles. The van der Waals surface area contributed by atoms with Crippen molar-refractivity contribution in [3.05, 3.63) is 26.6 Å². The number of nitrogens with zero attached hydrogens (tertiary/aromatic N) is 4. The molecule has 0 unspecified atom stereocenters. The van der Waals surface area contributed by atoms with E-state index in [1.807, 2.05) is 17.0 Å². The third kappa shape index (κ3) is 4.69. The molecule has 8 heteroatoms. The van der Waals surface area contributed by atoms with Crippen LogP contribution in [0, 0.1) is 0 Å². The molecule has 2 rings (SSSR count). The maximum Gasteiger partial charge on any atom is 0.231 e. The number of rotatable bonds is 7. The summed E-state index contributed by atoms with van der Waals surface area (Å²) in [7, 11) is 0. The zero-order chi connectivity index (χ0) is 15.2. The molecule has 2 aromatic heterocycles. The van der Waals surface area contributed by atoms with Gasteiger partial charge in [-0.2, -0.15) is 15.0 Å². The van der Waals surface area contributed by atoms with Gasteiger partial charge in [0.1, 0.15) is 0 Å². The molecule has 0 radical (unpaired) electrons. The Kier molecular flexibility index (Phi) is 6.02. The molecule has 0 saturated heterocycles. The van der Waals surface area contributed by atoms with Gasteiger partial charge in [0.05, 0.1) is 4.34 Å². The summed E-state index contributed by atoms with van der Waals surface area (Å²) >= 11 is 13.4. The van der Waals surface area contributed by atoms with Crippen LogP contribution < -0.4 is 10.2 Å². The topological polar surface area (TPSA) is 53.9 Å². The van der Waals surface area contributed by atoms with E-state index in [2.05, 4.69) is 34.1 Å². The second-order valence-corrected chi connectivity index (χ2v) is 6.42. The highest BCUT2D eigenvalue weighted by Gasteiger charge is 2.10. The first-order valence-corrected chi connectivity index (χ1v) is 8.34. The highest BCUT2D eigenvalue weighted by molar-refractivity contribution is 7.16. The lowest BCUT2D eigenvalue weighted by Gasteiger charge is -2.18. The van der Waals surface area contributed by atoms with Crippen molar-refractivity contribution in [2.24, 2.45) is 0 Å². The van der Waals surface area contributed by atoms with Gasteiger partial charge in [0.25, 0.3) is 0 Å². The Hall–Kier alpha value is -1.11. The SMILES string of the molecule is CCN(CC)c1nc(Cl)nc(NCCc2ccc(Cl)s2)n1. The summed E-state index contributed by atoms with van der Waals surface area (Å²) < 4.78 is 0.803. The van der Waals surface area contributed by atoms with Crippen LogP contribution in [-0.2, 0) is 6.42 Å². The summed E-state index contributed by atoms with van der Waals surface area (Å²) in [6.45, 7) is 6.46. The Morgan fingerprint density at radius 1 is 1.14 bits per heavy atom. The van der Waals surface area contributed by atoms with Crippen LogP contribution in [0.4, 0.5) is 11.9 Å². The molecule has 5 nitrogen and oxygen atoms in total. The quantitative estimate of drug-likeness (QED) is 0.828. The molecule has 21 heavy (non-hydrogen) atoms. The minimum atomic E-state index is 0.202. The molecule has 0 spiro atoms. The molecule has 2 aromatic rings. The van der Waals surface area contributed by atoms with Crippen LogP contribution in [0.5, 0.6) is 0 Å². The van der Waals surface area contributed by atoms with Crippen molar-refractivity contribution >= 4 is 46.4 Å². The smallest absolute Gasteiger partial charge is 0.231 e. The van der Waals surface area contributed by atoms with Gasteiger partial charge in [-0.05, 0) is 44.0 Å². The maximum atomic E-state index is 5.96. The summed E-state index contributed by atoms with van der Waals surface area (Å²) in [5.41, 5.74) is 0. The van der Waals surface area contributed by atoms with Crippen molar-refractivity contribution < 1.29 is 0 Å². The summed E-state index contributed by atoms with van der Waals surface area (Å²) in [5, 5.41) is 3.38. The van der Waals surface area contributed by atoms with Crippen LogP contribution in [0.1, 0.15) is 18.7 Å². The summed E-state index contributed by atoms with van der Waals surface area (Å²) in [6, 6.07) is 3.93. The molecule has 0 aliphatic heterocycles. The lowest BCUT2D eigenvalue weighted by Crippen LogP contribution is -2.25. The van der Waals surface area contributed by atoms with Gasteiger partial charge >= 0.3 is 0 Å². The van der Waals surface area contributed by atoms with Crippen LogP contribution in [0.15, 0.2) is 12.1 Å². The van der Waals surface area contributed by atoms with Gasteiger partial charge in [0.15, 0.2) is 0 Å². The number of halogens is 2. The normalized spacial score (nSPS) is 10.7. The molecule has 0 fully saturated rings. The van der Waals surface area contributed by atoms with Crippen molar-refractivity contribution in [3.8, 4) is 0 Å². The first-order valence-electron chi connectivity index (χ1n) is 6.77. The molecule has 2 heterocycles. The summed E-state index contributed by atoms with van der Waals surface area (Å²) in [5.74, 6) is 1.10. The minimum absolute atomic E-state index is 0.202. The predicted octanol–water partition coefficient (Wildman–Crippen LogP) is 3.74. The van der Waals surface area contributed by atoms with Crippen LogP contribution in [0.25, 0.3) is 0 Å². The maximum absolute atomic E-state index is 5.96. The number of hydrogen-bond acceptors (Lipinski definition) is 6. The summed E-state index contributed by atoms with van der Waals surface area (Å²) in [4.78, 5) is 15.9. The second-order valence-electron chi connectivity index (χ2n) is 4.28. The third-order valence-electron chi connectivity index (χ3n) is 2.93. The molecule has 0 amide bonds.